The van der Waals surface area contributed by atoms with Crippen molar-refractivity contribution in [3.8, 4) is 22.6 Å². The van der Waals surface area contributed by atoms with Crippen LogP contribution in [0.5, 0.6) is 11.5 Å². The smallest absolute Gasteiger partial charge is 0.337 e. The maximum Gasteiger partial charge on any atom is 0.337 e. The Bertz CT molecular complexity index is 1450. The molecule has 0 spiro atoms. The zero-order chi connectivity index (χ0) is 23.1. The van der Waals surface area contributed by atoms with Crippen LogP contribution in [0.3, 0.4) is 0 Å². The lowest BCUT2D eigenvalue weighted by Gasteiger charge is -2.25. The minimum absolute atomic E-state index is 0.0626. The molecule has 0 saturated heterocycles. The van der Waals surface area contributed by atoms with Crippen LogP contribution in [-0.2, 0) is 9.53 Å². The van der Waals surface area contributed by atoms with Gasteiger partial charge in [-0.05, 0) is 47.5 Å². The number of phenolic OH excluding ortho intramolecular Hbond substituents is 1. The zero-order valence-electron chi connectivity index (χ0n) is 17.5. The Kier molecular flexibility index (Phi) is 4.94. The van der Waals surface area contributed by atoms with Crippen molar-refractivity contribution in [1.82, 2.24) is 0 Å². The van der Waals surface area contributed by atoms with Crippen LogP contribution in [0.1, 0.15) is 33.8 Å². The van der Waals surface area contributed by atoms with E-state index in [1.165, 1.54) is 25.5 Å². The zero-order valence-corrected chi connectivity index (χ0v) is 17.5. The highest BCUT2D eigenvalue weighted by molar-refractivity contribution is 5.91. The molecule has 0 radical (unpaired) electrons. The molecule has 0 saturated carbocycles. The summed E-state index contributed by atoms with van der Waals surface area (Å²) in [5.41, 5.74) is 2.85. The number of hydrogen-bond donors (Lipinski definition) is 1. The molecule has 5 rings (SSSR count). The van der Waals surface area contributed by atoms with Crippen molar-refractivity contribution >= 4 is 22.9 Å². The molecular weight excluding hydrogens is 424 g/mol. The molecule has 1 aliphatic heterocycles. The van der Waals surface area contributed by atoms with E-state index >= 15 is 0 Å². The second-order valence-electron chi connectivity index (χ2n) is 7.72. The SMILES string of the molecule is COC(=O)c1ccc([C@H]2CC(=O)Oc3ccc4c(=O)c(-c5ccc(O)cc5)coc4c32)cc1. The highest BCUT2D eigenvalue weighted by Crippen LogP contribution is 2.42. The molecule has 1 N–H and O–H groups in total. The van der Waals surface area contributed by atoms with Crippen LogP contribution in [0.4, 0.5) is 0 Å². The molecule has 1 atom stereocenters. The number of methoxy groups -OCH3 is 1. The average molecular weight is 442 g/mol. The number of esters is 2. The first-order chi connectivity index (χ1) is 16.0. The molecule has 7 nitrogen and oxygen atoms in total. The predicted molar refractivity (Wildman–Crippen MR) is 119 cm³/mol. The summed E-state index contributed by atoms with van der Waals surface area (Å²) in [4.78, 5) is 37.3. The molecule has 2 heterocycles. The molecule has 33 heavy (non-hydrogen) atoms. The average Bonchev–Trinajstić information content (AvgIpc) is 2.83. The van der Waals surface area contributed by atoms with Gasteiger partial charge in [-0.2, -0.15) is 0 Å². The number of phenols is 1. The van der Waals surface area contributed by atoms with E-state index in [4.69, 9.17) is 13.9 Å². The lowest BCUT2D eigenvalue weighted by atomic mass is 9.85. The minimum Gasteiger partial charge on any atom is -0.508 e. The third kappa shape index (κ3) is 3.53. The molecule has 0 aliphatic carbocycles. The molecule has 1 aliphatic rings. The number of carbonyl (C=O) groups excluding carboxylic acids is 2. The van der Waals surface area contributed by atoms with Crippen molar-refractivity contribution in [2.24, 2.45) is 0 Å². The molecule has 4 aromatic rings. The normalized spacial score (nSPS) is 15.1. The fraction of sp³-hybridized carbons (Fsp3) is 0.115. The first kappa shape index (κ1) is 20.5. The number of rotatable bonds is 3. The van der Waals surface area contributed by atoms with Crippen LogP contribution >= 0.6 is 0 Å². The summed E-state index contributed by atoms with van der Waals surface area (Å²) >= 11 is 0. The van der Waals surface area contributed by atoms with Gasteiger partial charge in [-0.1, -0.05) is 24.3 Å². The fourth-order valence-electron chi connectivity index (χ4n) is 4.15. The van der Waals surface area contributed by atoms with E-state index in [2.05, 4.69) is 0 Å². The molecule has 164 valence electrons. The van der Waals surface area contributed by atoms with E-state index in [1.54, 1.807) is 48.5 Å². The summed E-state index contributed by atoms with van der Waals surface area (Å²) in [5, 5.41) is 9.88. The number of ether oxygens (including phenoxy) is 2. The van der Waals surface area contributed by atoms with Crippen LogP contribution in [-0.4, -0.2) is 24.2 Å². The number of hydrogen-bond acceptors (Lipinski definition) is 7. The lowest BCUT2D eigenvalue weighted by Crippen LogP contribution is -2.22. The van der Waals surface area contributed by atoms with Crippen LogP contribution in [0.25, 0.3) is 22.1 Å². The molecule has 0 bridgehead atoms. The summed E-state index contributed by atoms with van der Waals surface area (Å²) in [5.74, 6) is -0.836. The molecule has 0 amide bonds. The Labute approximate surface area is 187 Å². The number of fused-ring (bicyclic) bond motifs is 3. The molecule has 7 heteroatoms. The number of aromatic hydroxyl groups is 1. The number of benzene rings is 3. The van der Waals surface area contributed by atoms with E-state index in [9.17, 15) is 19.5 Å². The number of carbonyl (C=O) groups is 2. The Hall–Kier alpha value is -4.39. The van der Waals surface area contributed by atoms with Gasteiger partial charge in [0.1, 0.15) is 23.3 Å². The topological polar surface area (TPSA) is 103 Å². The third-order valence-corrected chi connectivity index (χ3v) is 5.80. The van der Waals surface area contributed by atoms with E-state index < -0.39 is 17.9 Å². The molecule has 0 fully saturated rings. The van der Waals surface area contributed by atoms with Gasteiger partial charge in [0.15, 0.2) is 0 Å². The van der Waals surface area contributed by atoms with Gasteiger partial charge in [-0.25, -0.2) is 4.79 Å². The Morgan fingerprint density at radius 2 is 1.73 bits per heavy atom. The van der Waals surface area contributed by atoms with Crippen molar-refractivity contribution in [2.75, 3.05) is 7.11 Å². The van der Waals surface area contributed by atoms with Gasteiger partial charge in [0.05, 0.1) is 30.0 Å². The highest BCUT2D eigenvalue weighted by Gasteiger charge is 2.32. The quantitative estimate of drug-likeness (QED) is 0.371. The van der Waals surface area contributed by atoms with Crippen molar-refractivity contribution in [1.29, 1.82) is 0 Å². The summed E-state index contributed by atoms with van der Waals surface area (Å²) in [7, 11) is 1.31. The summed E-state index contributed by atoms with van der Waals surface area (Å²) in [6.45, 7) is 0. The van der Waals surface area contributed by atoms with Crippen LogP contribution in [0, 0.1) is 0 Å². The van der Waals surface area contributed by atoms with Crippen molar-refractivity contribution in [2.45, 2.75) is 12.3 Å². The summed E-state index contributed by atoms with van der Waals surface area (Å²) in [6.07, 6.45) is 1.44. The minimum atomic E-state index is -0.455. The monoisotopic (exact) mass is 442 g/mol. The van der Waals surface area contributed by atoms with Crippen molar-refractivity contribution < 1.29 is 28.6 Å². The van der Waals surface area contributed by atoms with E-state index in [1.807, 2.05) is 0 Å². The Morgan fingerprint density at radius 1 is 1.00 bits per heavy atom. The first-order valence-electron chi connectivity index (χ1n) is 10.2. The summed E-state index contributed by atoms with van der Waals surface area (Å²) < 4.78 is 16.1. The molecular formula is C26H18O7. The Balaban J connectivity index is 1.66. The maximum atomic E-state index is 13.3. The Morgan fingerprint density at radius 3 is 2.42 bits per heavy atom. The third-order valence-electron chi connectivity index (χ3n) is 5.80. The van der Waals surface area contributed by atoms with Crippen LogP contribution < -0.4 is 10.2 Å². The summed E-state index contributed by atoms with van der Waals surface area (Å²) in [6, 6.07) is 16.2. The molecule has 3 aromatic carbocycles. The van der Waals surface area contributed by atoms with E-state index in [-0.39, 0.29) is 17.6 Å². The molecule has 0 unspecified atom stereocenters. The lowest BCUT2D eigenvalue weighted by molar-refractivity contribution is -0.135. The van der Waals surface area contributed by atoms with Gasteiger partial charge >= 0.3 is 11.9 Å². The van der Waals surface area contributed by atoms with Crippen LogP contribution in [0.15, 0.2) is 76.1 Å². The van der Waals surface area contributed by atoms with Crippen LogP contribution in [0.2, 0.25) is 0 Å². The second kappa shape index (κ2) is 7.94. The van der Waals surface area contributed by atoms with Gasteiger partial charge in [-0.15, -0.1) is 0 Å². The van der Waals surface area contributed by atoms with Gasteiger partial charge in [-0.3, -0.25) is 9.59 Å². The fourth-order valence-corrected chi connectivity index (χ4v) is 4.15. The van der Waals surface area contributed by atoms with Crippen molar-refractivity contribution in [3.05, 3.63) is 93.8 Å². The predicted octanol–water partition coefficient (Wildman–Crippen LogP) is 4.39. The standard InChI is InChI=1S/C26H18O7/c1-31-26(30)16-4-2-14(3-5-16)19-12-22(28)33-21-11-10-18-24(29)20(13-32-25(18)23(19)21)15-6-8-17(27)9-7-15/h2-11,13,19,27H,12H2,1H3/t19-/m1/s1. The molecule has 1 aromatic heterocycles. The highest BCUT2D eigenvalue weighted by atomic mass is 16.5. The van der Waals surface area contributed by atoms with Crippen molar-refractivity contribution in [3.63, 3.8) is 0 Å². The first-order valence-corrected chi connectivity index (χ1v) is 10.2. The second-order valence-corrected chi connectivity index (χ2v) is 7.72. The maximum absolute atomic E-state index is 13.3. The van der Waals surface area contributed by atoms with Gasteiger partial charge in [0.2, 0.25) is 5.43 Å². The largest absolute Gasteiger partial charge is 0.508 e. The van der Waals surface area contributed by atoms with Gasteiger partial charge in [0.25, 0.3) is 0 Å². The van der Waals surface area contributed by atoms with Gasteiger partial charge < -0.3 is 19.0 Å². The van der Waals surface area contributed by atoms with Gasteiger partial charge in [0, 0.05) is 11.5 Å². The van der Waals surface area contributed by atoms with E-state index in [0.29, 0.717) is 39.0 Å². The van der Waals surface area contributed by atoms with E-state index in [0.717, 1.165) is 5.56 Å².